The van der Waals surface area contributed by atoms with Crippen LogP contribution < -0.4 is 5.32 Å². The molecule has 1 N–H and O–H groups in total. The summed E-state index contributed by atoms with van der Waals surface area (Å²) in [6, 6.07) is 7.42. The molecule has 0 spiro atoms. The topological polar surface area (TPSA) is 29.1 Å². The molecule has 4 heteroatoms. The quantitative estimate of drug-likeness (QED) is 0.785. The molecule has 1 unspecified atom stereocenters. The summed E-state index contributed by atoms with van der Waals surface area (Å²) in [5.74, 6) is 0.0440. The third-order valence-electron chi connectivity index (χ3n) is 3.12. The van der Waals surface area contributed by atoms with Crippen LogP contribution in [0.25, 0.3) is 0 Å². The zero-order valence-corrected chi connectivity index (χ0v) is 13.1. The molecule has 0 bridgehead atoms. The van der Waals surface area contributed by atoms with Gasteiger partial charge in [-0.05, 0) is 37.5 Å². The zero-order chi connectivity index (χ0) is 13.6. The van der Waals surface area contributed by atoms with Crippen molar-refractivity contribution in [2.45, 2.75) is 38.6 Å². The van der Waals surface area contributed by atoms with Gasteiger partial charge in [0.2, 0.25) is 5.91 Å². The summed E-state index contributed by atoms with van der Waals surface area (Å²) in [6.07, 6.45) is 2.21. The Morgan fingerprint density at radius 2 is 2.22 bits per heavy atom. The summed E-state index contributed by atoms with van der Waals surface area (Å²) in [5, 5.41) is 4.65. The Bertz CT molecular complexity index is 411. The van der Waals surface area contributed by atoms with Crippen LogP contribution in [-0.4, -0.2) is 16.8 Å². The van der Waals surface area contributed by atoms with Crippen molar-refractivity contribution in [1.29, 1.82) is 0 Å². The number of alkyl halides is 1. The lowest BCUT2D eigenvalue weighted by Gasteiger charge is -2.29. The van der Waals surface area contributed by atoms with Crippen LogP contribution in [0.3, 0.4) is 0 Å². The standard InChI is InChI=1S/C14H19BrClNO/c1-3-14(2,7-8-15)17-13(18)10-11-5-4-6-12(16)9-11/h4-6,9H,3,7-8,10H2,1-2H3,(H,17,18). The first-order valence-electron chi connectivity index (χ1n) is 6.10. The van der Waals surface area contributed by atoms with Crippen molar-refractivity contribution >= 4 is 33.4 Å². The molecule has 0 aliphatic carbocycles. The number of nitrogens with one attached hydrogen (secondary N) is 1. The fourth-order valence-electron chi connectivity index (χ4n) is 1.75. The summed E-state index contributed by atoms with van der Waals surface area (Å²) >= 11 is 9.32. The number of carbonyl (C=O) groups is 1. The van der Waals surface area contributed by atoms with E-state index in [-0.39, 0.29) is 11.4 Å². The van der Waals surface area contributed by atoms with Crippen LogP contribution in [0, 0.1) is 0 Å². The van der Waals surface area contributed by atoms with E-state index in [0.29, 0.717) is 11.4 Å². The molecule has 1 amide bonds. The van der Waals surface area contributed by atoms with E-state index in [1.54, 1.807) is 0 Å². The van der Waals surface area contributed by atoms with Crippen molar-refractivity contribution in [2.24, 2.45) is 0 Å². The zero-order valence-electron chi connectivity index (χ0n) is 10.8. The number of benzene rings is 1. The molecule has 0 heterocycles. The molecule has 0 aliphatic heterocycles. The summed E-state index contributed by atoms with van der Waals surface area (Å²) in [6.45, 7) is 4.16. The van der Waals surface area contributed by atoms with Crippen LogP contribution in [0.5, 0.6) is 0 Å². The maximum atomic E-state index is 12.0. The third kappa shape index (κ3) is 4.99. The highest BCUT2D eigenvalue weighted by Crippen LogP contribution is 2.17. The third-order valence-corrected chi connectivity index (χ3v) is 3.75. The van der Waals surface area contributed by atoms with Gasteiger partial charge >= 0.3 is 0 Å². The van der Waals surface area contributed by atoms with Gasteiger partial charge in [0, 0.05) is 15.9 Å². The number of hydrogen-bond donors (Lipinski definition) is 1. The number of carbonyl (C=O) groups excluding carboxylic acids is 1. The van der Waals surface area contributed by atoms with Gasteiger partial charge in [-0.1, -0.05) is 46.6 Å². The molecule has 2 nitrogen and oxygen atoms in total. The SMILES string of the molecule is CCC(C)(CCBr)NC(=O)Cc1cccc(Cl)c1. The Kier molecular flexibility index (Phi) is 6.16. The Labute approximate surface area is 122 Å². The molecular formula is C14H19BrClNO. The second-order valence-corrected chi connectivity index (χ2v) is 5.94. The minimum atomic E-state index is -0.140. The van der Waals surface area contributed by atoms with Crippen LogP contribution in [0.4, 0.5) is 0 Å². The van der Waals surface area contributed by atoms with Gasteiger partial charge in [-0.3, -0.25) is 4.79 Å². The Morgan fingerprint density at radius 1 is 1.50 bits per heavy atom. The Morgan fingerprint density at radius 3 is 2.78 bits per heavy atom. The van der Waals surface area contributed by atoms with E-state index in [0.717, 1.165) is 23.7 Å². The first kappa shape index (κ1) is 15.5. The van der Waals surface area contributed by atoms with Crippen LogP contribution in [0.2, 0.25) is 5.02 Å². The number of amides is 1. The van der Waals surface area contributed by atoms with E-state index in [1.807, 2.05) is 24.3 Å². The minimum absolute atomic E-state index is 0.0440. The maximum absolute atomic E-state index is 12.0. The maximum Gasteiger partial charge on any atom is 0.224 e. The summed E-state index contributed by atoms with van der Waals surface area (Å²) in [4.78, 5) is 12.0. The van der Waals surface area contributed by atoms with Gasteiger partial charge in [-0.2, -0.15) is 0 Å². The lowest BCUT2D eigenvalue weighted by atomic mass is 9.95. The summed E-state index contributed by atoms with van der Waals surface area (Å²) in [7, 11) is 0. The molecule has 0 saturated heterocycles. The normalized spacial score (nSPS) is 14.0. The molecule has 1 aromatic rings. The average Bonchev–Trinajstić information content (AvgIpc) is 2.29. The van der Waals surface area contributed by atoms with Gasteiger partial charge in [0.15, 0.2) is 0 Å². The van der Waals surface area contributed by atoms with Crippen LogP contribution >= 0.6 is 27.5 Å². The van der Waals surface area contributed by atoms with Crippen LogP contribution in [0.15, 0.2) is 24.3 Å². The van der Waals surface area contributed by atoms with Gasteiger partial charge < -0.3 is 5.32 Å². The van der Waals surface area contributed by atoms with E-state index < -0.39 is 0 Å². The minimum Gasteiger partial charge on any atom is -0.351 e. The van der Waals surface area contributed by atoms with Crippen molar-refractivity contribution < 1.29 is 4.79 Å². The highest BCUT2D eigenvalue weighted by molar-refractivity contribution is 9.09. The first-order valence-corrected chi connectivity index (χ1v) is 7.60. The van der Waals surface area contributed by atoms with Crippen LogP contribution in [-0.2, 0) is 11.2 Å². The molecule has 1 rings (SSSR count). The molecule has 1 aromatic carbocycles. The molecule has 1 atom stereocenters. The van der Waals surface area contributed by atoms with Crippen LogP contribution in [0.1, 0.15) is 32.3 Å². The van der Waals surface area contributed by atoms with E-state index in [1.165, 1.54) is 0 Å². The Balaban J connectivity index is 2.61. The second kappa shape index (κ2) is 7.15. The van der Waals surface area contributed by atoms with Gasteiger partial charge in [-0.15, -0.1) is 0 Å². The molecule has 0 aliphatic rings. The second-order valence-electron chi connectivity index (χ2n) is 4.71. The molecule has 0 fully saturated rings. The largest absolute Gasteiger partial charge is 0.351 e. The predicted octanol–water partition coefficient (Wildman–Crippen LogP) is 3.95. The van der Waals surface area contributed by atoms with Crippen molar-refractivity contribution in [3.8, 4) is 0 Å². The van der Waals surface area contributed by atoms with Crippen molar-refractivity contribution in [2.75, 3.05) is 5.33 Å². The Hall–Kier alpha value is -0.540. The summed E-state index contributed by atoms with van der Waals surface area (Å²) < 4.78 is 0. The van der Waals surface area contributed by atoms with Crippen molar-refractivity contribution in [3.05, 3.63) is 34.9 Å². The van der Waals surface area contributed by atoms with Gasteiger partial charge in [0.1, 0.15) is 0 Å². The molecular weight excluding hydrogens is 314 g/mol. The highest BCUT2D eigenvalue weighted by Gasteiger charge is 2.23. The molecule has 100 valence electrons. The predicted molar refractivity (Wildman–Crippen MR) is 80.4 cm³/mol. The lowest BCUT2D eigenvalue weighted by molar-refractivity contribution is -0.122. The monoisotopic (exact) mass is 331 g/mol. The molecule has 0 saturated carbocycles. The molecule has 0 radical (unpaired) electrons. The van der Waals surface area contributed by atoms with E-state index in [4.69, 9.17) is 11.6 Å². The van der Waals surface area contributed by atoms with Crippen molar-refractivity contribution in [1.82, 2.24) is 5.32 Å². The first-order chi connectivity index (χ1) is 8.49. The lowest BCUT2D eigenvalue weighted by Crippen LogP contribution is -2.46. The average molecular weight is 333 g/mol. The molecule has 18 heavy (non-hydrogen) atoms. The molecule has 0 aromatic heterocycles. The van der Waals surface area contributed by atoms with E-state index >= 15 is 0 Å². The van der Waals surface area contributed by atoms with Crippen molar-refractivity contribution in [3.63, 3.8) is 0 Å². The van der Waals surface area contributed by atoms with Gasteiger partial charge in [0.05, 0.1) is 6.42 Å². The van der Waals surface area contributed by atoms with E-state index in [2.05, 4.69) is 35.1 Å². The highest BCUT2D eigenvalue weighted by atomic mass is 79.9. The number of rotatable bonds is 6. The fourth-order valence-corrected chi connectivity index (χ4v) is 2.84. The van der Waals surface area contributed by atoms with Gasteiger partial charge in [0.25, 0.3) is 0 Å². The number of hydrogen-bond acceptors (Lipinski definition) is 1. The summed E-state index contributed by atoms with van der Waals surface area (Å²) in [5.41, 5.74) is 0.802. The van der Waals surface area contributed by atoms with Gasteiger partial charge in [-0.25, -0.2) is 0 Å². The smallest absolute Gasteiger partial charge is 0.224 e. The fraction of sp³-hybridized carbons (Fsp3) is 0.500. The number of halogens is 2. The van der Waals surface area contributed by atoms with E-state index in [9.17, 15) is 4.79 Å².